The lowest BCUT2D eigenvalue weighted by atomic mass is 10.1. The van der Waals surface area contributed by atoms with Crippen LogP contribution in [-0.4, -0.2) is 61.5 Å². The predicted molar refractivity (Wildman–Crippen MR) is 129 cm³/mol. The van der Waals surface area contributed by atoms with Crippen molar-refractivity contribution in [3.05, 3.63) is 65.4 Å². The fourth-order valence-electron chi connectivity index (χ4n) is 4.04. The number of hydrazone groups is 1. The van der Waals surface area contributed by atoms with Crippen molar-refractivity contribution >= 4 is 39.9 Å². The maximum absolute atomic E-state index is 5.92. The lowest BCUT2D eigenvalue weighted by molar-refractivity contribution is 0.0548. The third-order valence-electron chi connectivity index (χ3n) is 5.45. The molecule has 5 nitrogen and oxygen atoms in total. The van der Waals surface area contributed by atoms with E-state index in [0.717, 1.165) is 49.8 Å². The zero-order valence-electron chi connectivity index (χ0n) is 17.6. The minimum Gasteiger partial charge on any atom is -0.378 e. The summed E-state index contributed by atoms with van der Waals surface area (Å²) < 4.78 is 5.58. The van der Waals surface area contributed by atoms with Gasteiger partial charge in [-0.15, -0.1) is 0 Å². The van der Waals surface area contributed by atoms with Crippen LogP contribution in [0.25, 0.3) is 10.8 Å². The molecule has 0 amide bonds. The van der Waals surface area contributed by atoms with Crippen LogP contribution in [0.4, 0.5) is 5.69 Å². The minimum absolute atomic E-state index is 0.749. The van der Waals surface area contributed by atoms with Crippen molar-refractivity contribution in [1.82, 2.24) is 9.91 Å². The highest BCUT2D eigenvalue weighted by Crippen LogP contribution is 2.36. The molecule has 0 bridgehead atoms. The van der Waals surface area contributed by atoms with E-state index in [1.807, 2.05) is 20.3 Å². The molecule has 0 atom stereocenters. The van der Waals surface area contributed by atoms with Crippen LogP contribution in [0.3, 0.4) is 0 Å². The highest BCUT2D eigenvalue weighted by molar-refractivity contribution is 7.81. The van der Waals surface area contributed by atoms with E-state index < -0.39 is 0 Å². The van der Waals surface area contributed by atoms with Crippen LogP contribution < -0.4 is 5.32 Å². The van der Waals surface area contributed by atoms with Gasteiger partial charge in [-0.1, -0.05) is 48.6 Å². The second-order valence-corrected chi connectivity index (χ2v) is 8.12. The molecule has 2 aromatic rings. The Labute approximate surface area is 183 Å². The first-order chi connectivity index (χ1) is 14.6. The van der Waals surface area contributed by atoms with Crippen LogP contribution in [-0.2, 0) is 4.74 Å². The molecule has 1 aliphatic carbocycles. The van der Waals surface area contributed by atoms with E-state index in [9.17, 15) is 0 Å². The van der Waals surface area contributed by atoms with Gasteiger partial charge in [0.25, 0.3) is 0 Å². The lowest BCUT2D eigenvalue weighted by Crippen LogP contribution is -2.36. The van der Waals surface area contributed by atoms with Crippen molar-refractivity contribution in [3.63, 3.8) is 0 Å². The fourth-order valence-corrected chi connectivity index (χ4v) is 4.35. The Bertz CT molecular complexity index is 1010. The molecule has 0 spiro atoms. The molecule has 1 aliphatic heterocycles. The van der Waals surface area contributed by atoms with Crippen molar-refractivity contribution in [2.75, 3.05) is 45.7 Å². The first-order valence-corrected chi connectivity index (χ1v) is 10.8. The quantitative estimate of drug-likeness (QED) is 0.440. The number of morpholine rings is 1. The van der Waals surface area contributed by atoms with E-state index >= 15 is 0 Å². The van der Waals surface area contributed by atoms with E-state index in [1.165, 1.54) is 27.6 Å². The van der Waals surface area contributed by atoms with E-state index in [-0.39, 0.29) is 0 Å². The molecule has 6 heteroatoms. The summed E-state index contributed by atoms with van der Waals surface area (Å²) in [4.78, 5) is 3.22. The molecule has 0 saturated carbocycles. The molecule has 1 saturated heterocycles. The number of hydrogen-bond acceptors (Lipinski definition) is 5. The Hall–Kier alpha value is -2.70. The molecule has 0 unspecified atom stereocenters. The average molecular weight is 421 g/mol. The van der Waals surface area contributed by atoms with Crippen molar-refractivity contribution in [2.24, 2.45) is 5.10 Å². The number of fused-ring (bicyclic) bond motifs is 1. The molecular formula is C24H28N4OS. The number of rotatable bonds is 5. The van der Waals surface area contributed by atoms with Gasteiger partial charge in [0, 0.05) is 55.7 Å². The third-order valence-corrected chi connectivity index (χ3v) is 5.80. The van der Waals surface area contributed by atoms with Crippen LogP contribution in [0, 0.1) is 0 Å². The van der Waals surface area contributed by atoms with E-state index in [4.69, 9.17) is 17.0 Å². The molecule has 1 fully saturated rings. The fraction of sp³-hybridized carbons (Fsp3) is 0.333. The van der Waals surface area contributed by atoms with Crippen molar-refractivity contribution < 1.29 is 4.74 Å². The van der Waals surface area contributed by atoms with Gasteiger partial charge >= 0.3 is 0 Å². The van der Waals surface area contributed by atoms with Crippen molar-refractivity contribution in [2.45, 2.75) is 12.8 Å². The molecule has 0 aromatic heterocycles. The topological polar surface area (TPSA) is 40.1 Å². The average Bonchev–Trinajstić information content (AvgIpc) is 3.18. The van der Waals surface area contributed by atoms with Gasteiger partial charge in [-0.3, -0.25) is 0 Å². The Morgan fingerprint density at radius 3 is 2.67 bits per heavy atom. The standard InChI is InChI=1S/C24H28N4OS/c1-27(2)25-13-12-19-10-11-21(23(19)28-14-16-29-17-15-28)24(30)26-22-9-5-7-18-6-3-4-8-20(18)22/h3-9,12-13H,10-11,14-17H2,1-2H3,(H,26,30). The largest absolute Gasteiger partial charge is 0.378 e. The lowest BCUT2D eigenvalue weighted by Gasteiger charge is -2.32. The van der Waals surface area contributed by atoms with Crippen LogP contribution in [0.1, 0.15) is 12.8 Å². The summed E-state index contributed by atoms with van der Waals surface area (Å²) in [6, 6.07) is 14.7. The first-order valence-electron chi connectivity index (χ1n) is 10.4. The number of nitrogens with one attached hydrogen (secondary N) is 1. The van der Waals surface area contributed by atoms with Crippen molar-refractivity contribution in [1.29, 1.82) is 0 Å². The van der Waals surface area contributed by atoms with E-state index in [1.54, 1.807) is 5.01 Å². The number of thiocarbonyl (C=S) groups is 1. The van der Waals surface area contributed by atoms with Gasteiger partial charge < -0.3 is 20.0 Å². The molecule has 30 heavy (non-hydrogen) atoms. The number of allylic oxidation sites excluding steroid dienone is 2. The molecule has 1 heterocycles. The van der Waals surface area contributed by atoms with E-state index in [2.05, 4.69) is 63.9 Å². The van der Waals surface area contributed by atoms with Crippen LogP contribution >= 0.6 is 12.2 Å². The van der Waals surface area contributed by atoms with Gasteiger partial charge in [-0.25, -0.2) is 0 Å². The Balaban J connectivity index is 1.66. The zero-order chi connectivity index (χ0) is 20.9. The third kappa shape index (κ3) is 4.55. The molecule has 2 aromatic carbocycles. The zero-order valence-corrected chi connectivity index (χ0v) is 18.4. The van der Waals surface area contributed by atoms with Gasteiger partial charge in [0.2, 0.25) is 0 Å². The maximum Gasteiger partial charge on any atom is 0.109 e. The highest BCUT2D eigenvalue weighted by atomic mass is 32.1. The van der Waals surface area contributed by atoms with E-state index in [0.29, 0.717) is 0 Å². The SMILES string of the molecule is CN(C)N=CC=C1CCC(C(=S)Nc2cccc3ccccc23)=C1N1CCOCC1. The minimum atomic E-state index is 0.749. The molecule has 2 aliphatic rings. The first kappa shape index (κ1) is 20.6. The number of anilines is 1. The molecule has 4 rings (SSSR count). The molecular weight excluding hydrogens is 392 g/mol. The summed E-state index contributed by atoms with van der Waals surface area (Å²) in [6.07, 6.45) is 5.90. The van der Waals surface area contributed by atoms with Crippen LogP contribution in [0.2, 0.25) is 0 Å². The van der Waals surface area contributed by atoms with Crippen LogP contribution in [0.15, 0.2) is 70.5 Å². The summed E-state index contributed by atoms with van der Waals surface area (Å²) in [5, 5.41) is 12.1. The highest BCUT2D eigenvalue weighted by Gasteiger charge is 2.28. The second-order valence-electron chi connectivity index (χ2n) is 7.71. The summed E-state index contributed by atoms with van der Waals surface area (Å²) in [5.41, 5.74) is 4.81. The maximum atomic E-state index is 5.92. The predicted octanol–water partition coefficient (Wildman–Crippen LogP) is 4.43. The van der Waals surface area contributed by atoms with Crippen LogP contribution in [0.5, 0.6) is 0 Å². The summed E-state index contributed by atoms with van der Waals surface area (Å²) in [6.45, 7) is 3.27. The number of ether oxygens (including phenoxy) is 1. The molecule has 1 N–H and O–H groups in total. The van der Waals surface area contributed by atoms with Gasteiger partial charge in [0.05, 0.1) is 13.2 Å². The summed E-state index contributed by atoms with van der Waals surface area (Å²) >= 11 is 5.92. The summed E-state index contributed by atoms with van der Waals surface area (Å²) in [7, 11) is 3.86. The second kappa shape index (κ2) is 9.41. The van der Waals surface area contributed by atoms with Gasteiger partial charge in [0.1, 0.15) is 4.99 Å². The monoisotopic (exact) mass is 420 g/mol. The Kier molecular flexibility index (Phi) is 6.45. The normalized spacial score (nSPS) is 18.6. The molecule has 156 valence electrons. The van der Waals surface area contributed by atoms with Gasteiger partial charge in [-0.2, -0.15) is 5.10 Å². The Morgan fingerprint density at radius 1 is 1.10 bits per heavy atom. The Morgan fingerprint density at radius 2 is 1.87 bits per heavy atom. The van der Waals surface area contributed by atoms with Crippen molar-refractivity contribution in [3.8, 4) is 0 Å². The van der Waals surface area contributed by atoms with Gasteiger partial charge in [0.15, 0.2) is 0 Å². The van der Waals surface area contributed by atoms with Gasteiger partial charge in [-0.05, 0) is 35.9 Å². The number of hydrogen-bond donors (Lipinski definition) is 1. The smallest absolute Gasteiger partial charge is 0.109 e. The molecule has 0 radical (unpaired) electrons. The number of nitrogens with zero attached hydrogens (tertiary/aromatic N) is 3. The number of benzene rings is 2. The summed E-state index contributed by atoms with van der Waals surface area (Å²) in [5.74, 6) is 0.